The SMILES string of the molecule is O=C(O)CC(CCCC1CCCCC1)C(=O)N1C(=O)OC[C@@H]1Cc1ccccc1. The number of nitrogens with zero attached hydrogens (tertiary/aromatic N) is 1. The number of hydrogen-bond donors (Lipinski definition) is 1. The molecule has 158 valence electrons. The van der Waals surface area contributed by atoms with Crippen molar-refractivity contribution in [3.8, 4) is 0 Å². The van der Waals surface area contributed by atoms with E-state index < -0.39 is 23.9 Å². The number of cyclic esters (lactones) is 1. The van der Waals surface area contributed by atoms with E-state index in [4.69, 9.17) is 4.74 Å². The Kier molecular flexibility index (Phi) is 7.67. The molecule has 6 nitrogen and oxygen atoms in total. The van der Waals surface area contributed by atoms with Crippen molar-refractivity contribution < 1.29 is 24.2 Å². The molecule has 0 bridgehead atoms. The topological polar surface area (TPSA) is 83.9 Å². The largest absolute Gasteiger partial charge is 0.481 e. The highest BCUT2D eigenvalue weighted by Crippen LogP contribution is 2.30. The molecule has 1 aromatic rings. The van der Waals surface area contributed by atoms with Gasteiger partial charge in [-0.2, -0.15) is 0 Å². The van der Waals surface area contributed by atoms with Gasteiger partial charge in [0.15, 0.2) is 0 Å². The van der Waals surface area contributed by atoms with Crippen LogP contribution in [0.15, 0.2) is 30.3 Å². The average Bonchev–Trinajstić information content (AvgIpc) is 3.08. The van der Waals surface area contributed by atoms with E-state index in [9.17, 15) is 19.5 Å². The molecule has 1 heterocycles. The number of carboxylic acids is 1. The highest BCUT2D eigenvalue weighted by molar-refractivity contribution is 5.96. The van der Waals surface area contributed by atoms with Gasteiger partial charge in [0, 0.05) is 5.92 Å². The van der Waals surface area contributed by atoms with Gasteiger partial charge in [0.05, 0.1) is 12.5 Å². The standard InChI is InChI=1S/C23H31NO5/c25-21(26)15-19(13-7-12-17-8-3-1-4-9-17)22(27)24-20(16-29-23(24)28)14-18-10-5-2-6-11-18/h2,5-6,10-11,17,19-20H,1,3-4,7-9,12-16H2,(H,25,26)/t19?,20-/m0/s1. The van der Waals surface area contributed by atoms with Crippen LogP contribution < -0.4 is 0 Å². The summed E-state index contributed by atoms with van der Waals surface area (Å²) in [5.41, 5.74) is 1.01. The second-order valence-electron chi connectivity index (χ2n) is 8.36. The molecule has 1 aromatic carbocycles. The van der Waals surface area contributed by atoms with Gasteiger partial charge in [-0.15, -0.1) is 0 Å². The molecule has 2 aliphatic rings. The number of carboxylic acid groups (broad SMARTS) is 1. The van der Waals surface area contributed by atoms with Gasteiger partial charge >= 0.3 is 12.1 Å². The van der Waals surface area contributed by atoms with Crippen molar-refractivity contribution in [1.29, 1.82) is 0 Å². The van der Waals surface area contributed by atoms with Crippen LogP contribution in [0.3, 0.4) is 0 Å². The Balaban J connectivity index is 1.62. The molecule has 3 rings (SSSR count). The summed E-state index contributed by atoms with van der Waals surface area (Å²) in [6.07, 6.45) is 8.27. The average molecular weight is 402 g/mol. The number of carbonyl (C=O) groups excluding carboxylic acids is 2. The Morgan fingerprint density at radius 3 is 2.55 bits per heavy atom. The molecular weight excluding hydrogens is 370 g/mol. The van der Waals surface area contributed by atoms with E-state index in [1.54, 1.807) is 0 Å². The normalized spacial score (nSPS) is 21.0. The number of ether oxygens (including phenoxy) is 1. The van der Waals surface area contributed by atoms with E-state index in [2.05, 4.69) is 0 Å². The lowest BCUT2D eigenvalue weighted by atomic mass is 9.84. The molecular formula is C23H31NO5. The van der Waals surface area contributed by atoms with Crippen molar-refractivity contribution in [2.24, 2.45) is 11.8 Å². The van der Waals surface area contributed by atoms with Gasteiger partial charge in [0.25, 0.3) is 0 Å². The number of carbonyl (C=O) groups is 3. The molecule has 2 fully saturated rings. The number of imide groups is 1. The van der Waals surface area contributed by atoms with E-state index in [1.165, 1.54) is 37.0 Å². The molecule has 2 amide bonds. The van der Waals surface area contributed by atoms with Crippen LogP contribution in [-0.4, -0.2) is 40.6 Å². The molecule has 1 saturated heterocycles. The van der Waals surface area contributed by atoms with Crippen LogP contribution >= 0.6 is 0 Å². The molecule has 6 heteroatoms. The van der Waals surface area contributed by atoms with Crippen LogP contribution in [0.5, 0.6) is 0 Å². The third kappa shape index (κ3) is 6.05. The van der Waals surface area contributed by atoms with E-state index in [0.717, 1.165) is 18.4 Å². The first-order valence-corrected chi connectivity index (χ1v) is 10.8. The molecule has 1 saturated carbocycles. The van der Waals surface area contributed by atoms with Gasteiger partial charge < -0.3 is 9.84 Å². The third-order valence-corrected chi connectivity index (χ3v) is 6.17. The lowest BCUT2D eigenvalue weighted by molar-refractivity contribution is -0.144. The van der Waals surface area contributed by atoms with Crippen molar-refractivity contribution >= 4 is 18.0 Å². The molecule has 1 N–H and O–H groups in total. The van der Waals surface area contributed by atoms with Gasteiger partial charge in [-0.1, -0.05) is 75.3 Å². The first kappa shape index (κ1) is 21.3. The summed E-state index contributed by atoms with van der Waals surface area (Å²) in [5, 5.41) is 9.30. The minimum Gasteiger partial charge on any atom is -0.481 e. The van der Waals surface area contributed by atoms with E-state index in [1.807, 2.05) is 30.3 Å². The predicted octanol–water partition coefficient (Wildman–Crippen LogP) is 4.42. The van der Waals surface area contributed by atoms with Crippen LogP contribution in [0.2, 0.25) is 0 Å². The maximum absolute atomic E-state index is 13.1. The molecule has 1 aliphatic heterocycles. The van der Waals surface area contributed by atoms with Gasteiger partial charge in [-0.05, 0) is 24.3 Å². The van der Waals surface area contributed by atoms with Gasteiger partial charge in [-0.3, -0.25) is 9.59 Å². The summed E-state index contributed by atoms with van der Waals surface area (Å²) in [5.74, 6) is -1.40. The van der Waals surface area contributed by atoms with Crippen molar-refractivity contribution in [2.75, 3.05) is 6.61 Å². The fourth-order valence-corrected chi connectivity index (χ4v) is 4.62. The van der Waals surface area contributed by atoms with Crippen LogP contribution in [0.25, 0.3) is 0 Å². The monoisotopic (exact) mass is 401 g/mol. The Labute approximate surface area is 172 Å². The Morgan fingerprint density at radius 2 is 1.86 bits per heavy atom. The van der Waals surface area contributed by atoms with E-state index in [0.29, 0.717) is 18.8 Å². The van der Waals surface area contributed by atoms with Crippen molar-refractivity contribution in [2.45, 2.75) is 70.3 Å². The fourth-order valence-electron chi connectivity index (χ4n) is 4.62. The van der Waals surface area contributed by atoms with Crippen LogP contribution in [0.1, 0.15) is 63.4 Å². The van der Waals surface area contributed by atoms with Crippen LogP contribution in [0.4, 0.5) is 4.79 Å². The summed E-state index contributed by atoms with van der Waals surface area (Å²) in [4.78, 5) is 37.9. The zero-order chi connectivity index (χ0) is 20.6. The first-order chi connectivity index (χ1) is 14.0. The summed E-state index contributed by atoms with van der Waals surface area (Å²) >= 11 is 0. The maximum atomic E-state index is 13.1. The van der Waals surface area contributed by atoms with Crippen molar-refractivity contribution in [1.82, 2.24) is 4.90 Å². The minimum absolute atomic E-state index is 0.154. The highest BCUT2D eigenvalue weighted by atomic mass is 16.6. The molecule has 1 aliphatic carbocycles. The maximum Gasteiger partial charge on any atom is 0.416 e. The van der Waals surface area contributed by atoms with Crippen molar-refractivity contribution in [3.05, 3.63) is 35.9 Å². The highest BCUT2D eigenvalue weighted by Gasteiger charge is 2.41. The van der Waals surface area contributed by atoms with Crippen LogP contribution in [-0.2, 0) is 20.7 Å². The number of benzene rings is 1. The zero-order valence-electron chi connectivity index (χ0n) is 16.9. The Hall–Kier alpha value is -2.37. The third-order valence-electron chi connectivity index (χ3n) is 6.17. The summed E-state index contributed by atoms with van der Waals surface area (Å²) in [6.45, 7) is 0.154. The number of aliphatic carboxylic acids is 1. The molecule has 29 heavy (non-hydrogen) atoms. The predicted molar refractivity (Wildman–Crippen MR) is 108 cm³/mol. The second-order valence-corrected chi connectivity index (χ2v) is 8.36. The lowest BCUT2D eigenvalue weighted by Crippen LogP contribution is -2.44. The Morgan fingerprint density at radius 1 is 1.14 bits per heavy atom. The van der Waals surface area contributed by atoms with Gasteiger partial charge in [-0.25, -0.2) is 9.69 Å². The Bertz CT molecular complexity index is 698. The minimum atomic E-state index is -1.01. The summed E-state index contributed by atoms with van der Waals surface area (Å²) < 4.78 is 5.14. The smallest absolute Gasteiger partial charge is 0.416 e. The van der Waals surface area contributed by atoms with Gasteiger partial charge in [0.2, 0.25) is 5.91 Å². The quantitative estimate of drug-likeness (QED) is 0.662. The molecule has 0 radical (unpaired) electrons. The summed E-state index contributed by atoms with van der Waals surface area (Å²) in [6, 6.07) is 9.26. The molecule has 0 aromatic heterocycles. The molecule has 1 unspecified atom stereocenters. The number of amides is 2. The van der Waals surface area contributed by atoms with E-state index >= 15 is 0 Å². The first-order valence-electron chi connectivity index (χ1n) is 10.8. The second kappa shape index (κ2) is 10.4. The van der Waals surface area contributed by atoms with Gasteiger partial charge in [0.1, 0.15) is 6.61 Å². The fraction of sp³-hybridized carbons (Fsp3) is 0.609. The van der Waals surface area contributed by atoms with Crippen molar-refractivity contribution in [3.63, 3.8) is 0 Å². The molecule has 0 spiro atoms. The van der Waals surface area contributed by atoms with E-state index in [-0.39, 0.29) is 19.1 Å². The number of hydrogen-bond acceptors (Lipinski definition) is 4. The van der Waals surface area contributed by atoms with Crippen LogP contribution in [0, 0.1) is 11.8 Å². The number of rotatable bonds is 9. The lowest BCUT2D eigenvalue weighted by Gasteiger charge is -2.25. The summed E-state index contributed by atoms with van der Waals surface area (Å²) in [7, 11) is 0. The molecule has 2 atom stereocenters. The zero-order valence-corrected chi connectivity index (χ0v) is 16.9.